The van der Waals surface area contributed by atoms with E-state index in [1.807, 2.05) is 0 Å². The normalized spacial score (nSPS) is 9.62. The molecule has 1 aromatic heterocycles. The minimum absolute atomic E-state index is 1.03. The fourth-order valence-electron chi connectivity index (χ4n) is 0.396. The monoisotopic (exact) mass is 129 g/mol. The largest absolute Gasteiger partial charge is 0.222 e. The van der Waals surface area contributed by atoms with Gasteiger partial charge in [0, 0.05) is 5.75 Å². The number of hydrogen-bond acceptors (Lipinski definition) is 3. The highest BCUT2D eigenvalue weighted by atomic mass is 32.2. The van der Waals surface area contributed by atoms with Crippen molar-refractivity contribution in [3.63, 3.8) is 0 Å². The molecular formula is C4H7N3S. The van der Waals surface area contributed by atoms with E-state index < -0.39 is 0 Å². The van der Waals surface area contributed by atoms with E-state index in [9.17, 15) is 0 Å². The van der Waals surface area contributed by atoms with Crippen LogP contribution < -0.4 is 0 Å². The molecule has 1 heterocycles. The summed E-state index contributed by atoms with van der Waals surface area (Å²) in [5.41, 5.74) is 0. The summed E-state index contributed by atoms with van der Waals surface area (Å²) in [6, 6.07) is 0. The minimum atomic E-state index is 1.03. The first-order valence-electron chi connectivity index (χ1n) is 2.41. The Hall–Kier alpha value is -0.510. The molecule has 0 aliphatic rings. The van der Waals surface area contributed by atoms with Crippen molar-refractivity contribution in [1.29, 1.82) is 0 Å². The Balaban J connectivity index is 2.50. The quantitative estimate of drug-likeness (QED) is 0.591. The maximum Gasteiger partial charge on any atom is 0.138 e. The molecule has 0 aliphatic heterocycles. The zero-order valence-electron chi connectivity index (χ0n) is 4.61. The lowest BCUT2D eigenvalue weighted by atomic mass is 11.0. The second kappa shape index (κ2) is 2.71. The average molecular weight is 129 g/mol. The van der Waals surface area contributed by atoms with Gasteiger partial charge < -0.3 is 0 Å². The molecule has 8 heavy (non-hydrogen) atoms. The fraction of sp³-hybridized carbons (Fsp3) is 0.500. The van der Waals surface area contributed by atoms with Crippen LogP contribution in [0.5, 0.6) is 0 Å². The van der Waals surface area contributed by atoms with Crippen LogP contribution in [0.25, 0.3) is 0 Å². The molecule has 0 radical (unpaired) electrons. The van der Waals surface area contributed by atoms with Crippen LogP contribution in [0, 0.1) is 0 Å². The van der Waals surface area contributed by atoms with Crippen molar-refractivity contribution in [1.82, 2.24) is 14.2 Å². The summed E-state index contributed by atoms with van der Waals surface area (Å²) in [4.78, 5) is 3.77. The highest BCUT2D eigenvalue weighted by Gasteiger charge is 1.84. The topological polar surface area (TPSA) is 30.7 Å². The van der Waals surface area contributed by atoms with Crippen molar-refractivity contribution in [2.45, 2.75) is 6.92 Å². The number of aromatic nitrogens is 3. The van der Waals surface area contributed by atoms with Gasteiger partial charge in [0.1, 0.15) is 12.7 Å². The fourth-order valence-corrected chi connectivity index (χ4v) is 0.891. The van der Waals surface area contributed by atoms with Crippen LogP contribution >= 0.6 is 11.9 Å². The van der Waals surface area contributed by atoms with Crippen LogP contribution in [0.4, 0.5) is 0 Å². The van der Waals surface area contributed by atoms with Crippen molar-refractivity contribution >= 4 is 11.9 Å². The lowest BCUT2D eigenvalue weighted by molar-refractivity contribution is 1.01. The summed E-state index contributed by atoms with van der Waals surface area (Å²) in [7, 11) is 0. The Morgan fingerprint density at radius 3 is 3.12 bits per heavy atom. The molecule has 0 aromatic carbocycles. The third-order valence-corrected chi connectivity index (χ3v) is 1.37. The third kappa shape index (κ3) is 1.23. The number of hydrogen-bond donors (Lipinski definition) is 0. The van der Waals surface area contributed by atoms with Crippen molar-refractivity contribution in [2.75, 3.05) is 5.75 Å². The molecule has 0 atom stereocenters. The molecule has 0 bridgehead atoms. The van der Waals surface area contributed by atoms with E-state index in [-0.39, 0.29) is 0 Å². The standard InChI is InChI=1S/C4H7N3S/c1-2-8-7-4-5-3-6-7/h3-4H,2H2,1H3. The summed E-state index contributed by atoms with van der Waals surface area (Å²) in [6.45, 7) is 2.08. The molecule has 0 unspecified atom stereocenters. The van der Waals surface area contributed by atoms with E-state index >= 15 is 0 Å². The maximum absolute atomic E-state index is 3.87. The predicted molar refractivity (Wildman–Crippen MR) is 33.6 cm³/mol. The summed E-state index contributed by atoms with van der Waals surface area (Å²) in [5, 5.41) is 3.87. The highest BCUT2D eigenvalue weighted by molar-refractivity contribution is 7.97. The second-order valence-electron chi connectivity index (χ2n) is 1.22. The van der Waals surface area contributed by atoms with Gasteiger partial charge in [-0.1, -0.05) is 6.92 Å². The summed E-state index contributed by atoms with van der Waals surface area (Å²) < 4.78 is 1.74. The smallest absolute Gasteiger partial charge is 0.138 e. The molecule has 44 valence electrons. The van der Waals surface area contributed by atoms with Gasteiger partial charge in [-0.25, -0.2) is 4.98 Å². The Bertz CT molecular complexity index is 137. The van der Waals surface area contributed by atoms with Gasteiger partial charge in [-0.3, -0.25) is 0 Å². The molecule has 1 rings (SSSR count). The van der Waals surface area contributed by atoms with Gasteiger partial charge in [0.2, 0.25) is 0 Å². The summed E-state index contributed by atoms with van der Waals surface area (Å²) in [5.74, 6) is 1.03. The van der Waals surface area contributed by atoms with Crippen LogP contribution in [-0.4, -0.2) is 19.9 Å². The summed E-state index contributed by atoms with van der Waals surface area (Å²) >= 11 is 1.62. The maximum atomic E-state index is 3.87. The first-order chi connectivity index (χ1) is 3.93. The van der Waals surface area contributed by atoms with Crippen molar-refractivity contribution < 1.29 is 0 Å². The van der Waals surface area contributed by atoms with Gasteiger partial charge in [-0.2, -0.15) is 4.09 Å². The van der Waals surface area contributed by atoms with Gasteiger partial charge >= 0.3 is 0 Å². The molecule has 0 saturated heterocycles. The lowest BCUT2D eigenvalue weighted by Gasteiger charge is -1.89. The average Bonchev–Trinajstić information content (AvgIpc) is 2.19. The van der Waals surface area contributed by atoms with Crippen LogP contribution in [0.1, 0.15) is 6.92 Å². The molecule has 0 amide bonds. The van der Waals surface area contributed by atoms with Gasteiger partial charge in [0.25, 0.3) is 0 Å². The van der Waals surface area contributed by atoms with E-state index in [1.165, 1.54) is 6.33 Å². The van der Waals surface area contributed by atoms with Crippen molar-refractivity contribution in [2.24, 2.45) is 0 Å². The van der Waals surface area contributed by atoms with E-state index in [1.54, 1.807) is 22.4 Å². The van der Waals surface area contributed by atoms with Crippen LogP contribution in [0.15, 0.2) is 12.7 Å². The summed E-state index contributed by atoms with van der Waals surface area (Å²) in [6.07, 6.45) is 3.22. The van der Waals surface area contributed by atoms with Crippen molar-refractivity contribution in [3.8, 4) is 0 Å². The number of nitrogens with zero attached hydrogens (tertiary/aromatic N) is 3. The van der Waals surface area contributed by atoms with Gasteiger partial charge in [-0.15, -0.1) is 5.10 Å². The minimum Gasteiger partial charge on any atom is -0.222 e. The highest BCUT2D eigenvalue weighted by Crippen LogP contribution is 1.98. The molecule has 0 N–H and O–H groups in total. The SMILES string of the molecule is CCSn1cncn1. The third-order valence-electron chi connectivity index (χ3n) is 0.659. The zero-order chi connectivity index (χ0) is 5.82. The molecular weight excluding hydrogens is 122 g/mol. The molecule has 1 aromatic rings. The van der Waals surface area contributed by atoms with E-state index in [2.05, 4.69) is 17.0 Å². The Labute approximate surface area is 52.2 Å². The Kier molecular flexibility index (Phi) is 1.91. The van der Waals surface area contributed by atoms with Crippen LogP contribution in [0.2, 0.25) is 0 Å². The van der Waals surface area contributed by atoms with Crippen molar-refractivity contribution in [3.05, 3.63) is 12.7 Å². The van der Waals surface area contributed by atoms with Crippen LogP contribution in [-0.2, 0) is 0 Å². The van der Waals surface area contributed by atoms with E-state index in [0.717, 1.165) is 5.75 Å². The molecule has 0 aliphatic carbocycles. The first-order valence-corrected chi connectivity index (χ1v) is 3.35. The predicted octanol–water partition coefficient (Wildman–Crippen LogP) is 0.794. The van der Waals surface area contributed by atoms with E-state index in [4.69, 9.17) is 0 Å². The molecule has 0 spiro atoms. The van der Waals surface area contributed by atoms with Crippen LogP contribution in [0.3, 0.4) is 0 Å². The first kappa shape index (κ1) is 5.62. The Morgan fingerprint density at radius 1 is 1.75 bits per heavy atom. The molecule has 0 saturated carbocycles. The zero-order valence-corrected chi connectivity index (χ0v) is 5.43. The number of rotatable bonds is 2. The lowest BCUT2D eigenvalue weighted by Crippen LogP contribution is -1.85. The second-order valence-corrected chi connectivity index (χ2v) is 2.43. The van der Waals surface area contributed by atoms with E-state index in [0.29, 0.717) is 0 Å². The van der Waals surface area contributed by atoms with Gasteiger partial charge in [0.15, 0.2) is 0 Å². The Morgan fingerprint density at radius 2 is 2.62 bits per heavy atom. The molecule has 3 nitrogen and oxygen atoms in total. The van der Waals surface area contributed by atoms with Gasteiger partial charge in [0.05, 0.1) is 0 Å². The van der Waals surface area contributed by atoms with Gasteiger partial charge in [-0.05, 0) is 11.9 Å². The molecule has 4 heteroatoms. The molecule has 0 fully saturated rings.